The lowest BCUT2D eigenvalue weighted by Crippen LogP contribution is -2.41. The standard InChI is InChI=1S/C31H31Cl2N7O3/c1-31(2,3)14-19(15-34)30(41)39-11-5-6-20(16-39)40-29-26(28(35)36-17-37-29)27(38-40)18-7-10-24(25(12-18)42-4)43-21-8-9-22(32)23(33)13-21/h7-10,12-14,17,20H,5-6,11,16H2,1-4H3,(H2,35,36,37)/t20-/m1/s1. The normalized spacial score (nSPS) is 15.8. The van der Waals surface area contributed by atoms with Crippen LogP contribution in [0.3, 0.4) is 0 Å². The summed E-state index contributed by atoms with van der Waals surface area (Å²) in [4.78, 5) is 23.8. The van der Waals surface area contributed by atoms with E-state index in [0.717, 1.165) is 12.8 Å². The number of anilines is 1. The quantitative estimate of drug-likeness (QED) is 0.183. The Balaban J connectivity index is 1.50. The number of nitriles is 1. The third-order valence-electron chi connectivity index (χ3n) is 7.03. The fourth-order valence-electron chi connectivity index (χ4n) is 5.10. The van der Waals surface area contributed by atoms with Crippen LogP contribution in [0, 0.1) is 16.7 Å². The van der Waals surface area contributed by atoms with Crippen LogP contribution in [0.1, 0.15) is 39.7 Å². The SMILES string of the molecule is COc1cc(-c2nn([C@@H]3CCCN(C(=O)C(C#N)=CC(C)(C)C)C3)c3ncnc(N)c23)ccc1Oc1ccc(Cl)c(Cl)c1. The number of allylic oxidation sites excluding steroid dienone is 1. The molecule has 0 aliphatic carbocycles. The summed E-state index contributed by atoms with van der Waals surface area (Å²) in [6.07, 6.45) is 4.64. The Morgan fingerprint density at radius 1 is 1.14 bits per heavy atom. The highest BCUT2D eigenvalue weighted by molar-refractivity contribution is 6.42. The number of carbonyl (C=O) groups excluding carboxylic acids is 1. The van der Waals surface area contributed by atoms with Crippen molar-refractivity contribution in [2.24, 2.45) is 5.41 Å². The number of amides is 1. The molecule has 2 N–H and O–H groups in total. The van der Waals surface area contributed by atoms with E-state index in [1.54, 1.807) is 48.4 Å². The molecule has 1 atom stereocenters. The van der Waals surface area contributed by atoms with Gasteiger partial charge in [-0.1, -0.05) is 50.0 Å². The van der Waals surface area contributed by atoms with Crippen molar-refractivity contribution in [1.82, 2.24) is 24.6 Å². The minimum absolute atomic E-state index is 0.140. The number of benzene rings is 2. The van der Waals surface area contributed by atoms with Crippen molar-refractivity contribution in [2.75, 3.05) is 25.9 Å². The summed E-state index contributed by atoms with van der Waals surface area (Å²) < 4.78 is 13.5. The van der Waals surface area contributed by atoms with E-state index in [0.29, 0.717) is 62.7 Å². The lowest BCUT2D eigenvalue weighted by molar-refractivity contribution is -0.128. The maximum Gasteiger partial charge on any atom is 0.264 e. The average molecular weight is 621 g/mol. The molecule has 1 aliphatic heterocycles. The summed E-state index contributed by atoms with van der Waals surface area (Å²) in [7, 11) is 1.55. The molecule has 4 aromatic rings. The number of hydrogen-bond donors (Lipinski definition) is 1. The van der Waals surface area contributed by atoms with Crippen molar-refractivity contribution in [3.05, 3.63) is 64.4 Å². The summed E-state index contributed by atoms with van der Waals surface area (Å²) in [6.45, 7) is 6.80. The molecular formula is C31H31Cl2N7O3. The van der Waals surface area contributed by atoms with Crippen LogP contribution in [0.15, 0.2) is 54.4 Å². The Labute approximate surface area is 259 Å². The molecule has 10 nitrogen and oxygen atoms in total. The van der Waals surface area contributed by atoms with Crippen LogP contribution < -0.4 is 15.2 Å². The number of carbonyl (C=O) groups is 1. The van der Waals surface area contributed by atoms with E-state index in [9.17, 15) is 10.1 Å². The molecule has 1 aliphatic rings. The number of ether oxygens (including phenoxy) is 2. The van der Waals surface area contributed by atoms with Gasteiger partial charge in [0.25, 0.3) is 5.91 Å². The number of rotatable bonds is 6. The fraction of sp³-hybridized carbons (Fsp3) is 0.323. The molecule has 1 saturated heterocycles. The van der Waals surface area contributed by atoms with Crippen molar-refractivity contribution >= 4 is 46.0 Å². The van der Waals surface area contributed by atoms with Gasteiger partial charge in [-0.3, -0.25) is 4.79 Å². The molecule has 2 aromatic carbocycles. The van der Waals surface area contributed by atoms with Crippen molar-refractivity contribution in [3.8, 4) is 34.6 Å². The molecule has 2 aromatic heterocycles. The van der Waals surface area contributed by atoms with Gasteiger partial charge in [-0.25, -0.2) is 14.6 Å². The van der Waals surface area contributed by atoms with Crippen molar-refractivity contribution in [1.29, 1.82) is 5.26 Å². The summed E-state index contributed by atoms with van der Waals surface area (Å²) in [6, 6.07) is 12.3. The van der Waals surface area contributed by atoms with E-state index in [4.69, 9.17) is 43.5 Å². The van der Waals surface area contributed by atoms with Crippen LogP contribution in [0.4, 0.5) is 5.82 Å². The number of methoxy groups -OCH3 is 1. The third kappa shape index (κ3) is 6.38. The predicted octanol–water partition coefficient (Wildman–Crippen LogP) is 6.84. The minimum atomic E-state index is -0.305. The molecule has 43 heavy (non-hydrogen) atoms. The molecule has 222 valence electrons. The van der Waals surface area contributed by atoms with Gasteiger partial charge < -0.3 is 20.1 Å². The van der Waals surface area contributed by atoms with Gasteiger partial charge in [0.2, 0.25) is 0 Å². The number of likely N-dealkylation sites (tertiary alicyclic amines) is 1. The summed E-state index contributed by atoms with van der Waals surface area (Å²) >= 11 is 12.2. The maximum atomic E-state index is 13.3. The minimum Gasteiger partial charge on any atom is -0.493 e. The van der Waals surface area contributed by atoms with Gasteiger partial charge in [-0.15, -0.1) is 0 Å². The number of hydrogen-bond acceptors (Lipinski definition) is 8. The maximum absolute atomic E-state index is 13.3. The van der Waals surface area contributed by atoms with Crippen LogP contribution in [0.2, 0.25) is 10.0 Å². The van der Waals surface area contributed by atoms with Gasteiger partial charge >= 0.3 is 0 Å². The highest BCUT2D eigenvalue weighted by Gasteiger charge is 2.30. The summed E-state index contributed by atoms with van der Waals surface area (Å²) in [5, 5.41) is 16.1. The van der Waals surface area contributed by atoms with E-state index >= 15 is 0 Å². The molecule has 1 amide bonds. The monoisotopic (exact) mass is 619 g/mol. The Bertz CT molecular complexity index is 1770. The first kappa shape index (κ1) is 30.1. The van der Waals surface area contributed by atoms with Gasteiger partial charge in [-0.05, 0) is 48.6 Å². The Morgan fingerprint density at radius 3 is 2.63 bits per heavy atom. The van der Waals surface area contributed by atoms with E-state index in [2.05, 4.69) is 16.0 Å². The second kappa shape index (κ2) is 12.1. The summed E-state index contributed by atoms with van der Waals surface area (Å²) in [5.74, 6) is 1.43. The van der Waals surface area contributed by atoms with Crippen molar-refractivity contribution in [3.63, 3.8) is 0 Å². The van der Waals surface area contributed by atoms with Gasteiger partial charge in [0.05, 0.1) is 28.6 Å². The van der Waals surface area contributed by atoms with Crippen molar-refractivity contribution in [2.45, 2.75) is 39.7 Å². The molecule has 0 radical (unpaired) electrons. The Morgan fingerprint density at radius 2 is 1.93 bits per heavy atom. The highest BCUT2D eigenvalue weighted by Crippen LogP contribution is 2.40. The number of nitrogen functional groups attached to an aromatic ring is 1. The first-order valence-corrected chi connectivity index (χ1v) is 14.5. The molecule has 5 rings (SSSR count). The molecule has 0 bridgehead atoms. The van der Waals surface area contributed by atoms with Gasteiger partial charge in [0, 0.05) is 24.7 Å². The molecule has 0 unspecified atom stereocenters. The zero-order valence-electron chi connectivity index (χ0n) is 24.3. The molecule has 3 heterocycles. The molecule has 1 fully saturated rings. The fourth-order valence-corrected chi connectivity index (χ4v) is 5.39. The number of piperidine rings is 1. The lowest BCUT2D eigenvalue weighted by atomic mass is 9.93. The molecule has 0 saturated carbocycles. The van der Waals surface area contributed by atoms with Crippen LogP contribution in [-0.2, 0) is 4.79 Å². The van der Waals surface area contributed by atoms with Crippen LogP contribution in [-0.4, -0.2) is 50.8 Å². The molecular weight excluding hydrogens is 589 g/mol. The van der Waals surface area contributed by atoms with Crippen molar-refractivity contribution < 1.29 is 14.3 Å². The van der Waals surface area contributed by atoms with E-state index < -0.39 is 0 Å². The van der Waals surface area contributed by atoms with E-state index in [-0.39, 0.29) is 28.8 Å². The number of nitrogens with zero attached hydrogens (tertiary/aromatic N) is 6. The Hall–Kier alpha value is -4.33. The van der Waals surface area contributed by atoms with Crippen LogP contribution in [0.5, 0.6) is 17.2 Å². The largest absolute Gasteiger partial charge is 0.493 e. The second-order valence-corrected chi connectivity index (χ2v) is 12.2. The van der Waals surface area contributed by atoms with Crippen LogP contribution in [0.25, 0.3) is 22.3 Å². The lowest BCUT2D eigenvalue weighted by Gasteiger charge is -2.33. The average Bonchev–Trinajstić information content (AvgIpc) is 3.38. The predicted molar refractivity (Wildman–Crippen MR) is 166 cm³/mol. The number of fused-ring (bicyclic) bond motifs is 1. The second-order valence-electron chi connectivity index (χ2n) is 11.4. The number of halogens is 2. The molecule has 12 heteroatoms. The van der Waals surface area contributed by atoms with E-state index in [1.165, 1.54) is 6.33 Å². The smallest absolute Gasteiger partial charge is 0.264 e. The first-order chi connectivity index (χ1) is 20.5. The first-order valence-electron chi connectivity index (χ1n) is 13.7. The highest BCUT2D eigenvalue weighted by atomic mass is 35.5. The number of aromatic nitrogens is 4. The van der Waals surface area contributed by atoms with Gasteiger partial charge in [-0.2, -0.15) is 10.4 Å². The molecule has 0 spiro atoms. The topological polar surface area (TPSA) is 132 Å². The Kier molecular flexibility index (Phi) is 8.49. The van der Waals surface area contributed by atoms with Gasteiger partial charge in [0.1, 0.15) is 35.2 Å². The van der Waals surface area contributed by atoms with E-state index in [1.807, 2.05) is 31.5 Å². The van der Waals surface area contributed by atoms with Gasteiger partial charge in [0.15, 0.2) is 17.1 Å². The zero-order chi connectivity index (χ0) is 30.9. The zero-order valence-corrected chi connectivity index (χ0v) is 25.8. The number of nitrogens with two attached hydrogens (primary N) is 1. The van der Waals surface area contributed by atoms with Crippen LogP contribution >= 0.6 is 23.2 Å². The third-order valence-corrected chi connectivity index (χ3v) is 7.77. The summed E-state index contributed by atoms with van der Waals surface area (Å²) in [5.41, 5.74) is 8.05.